The summed E-state index contributed by atoms with van der Waals surface area (Å²) in [6.45, 7) is 5.02. The number of nitrogens with one attached hydrogen (secondary N) is 2. The monoisotopic (exact) mass is 247 g/mol. The molecule has 0 unspecified atom stereocenters. The number of amides is 2. The molecule has 1 aromatic rings. The van der Waals surface area contributed by atoms with Gasteiger partial charge in [0, 0.05) is 31.0 Å². The molecule has 0 saturated carbocycles. The topological polar surface area (TPSA) is 44.4 Å². The Morgan fingerprint density at radius 2 is 1.89 bits per heavy atom. The standard InChI is InChI=1S/C14H21N3O/c1-2-9-15-14(18)16-12-5-7-13(8-6-12)17-10-3-4-11-17/h5-8H,2-4,9-11H2,1H3,(H2,15,16,18). The number of benzene rings is 1. The number of hydrogen-bond acceptors (Lipinski definition) is 2. The zero-order valence-corrected chi connectivity index (χ0v) is 10.9. The number of carbonyl (C=O) groups is 1. The summed E-state index contributed by atoms with van der Waals surface area (Å²) in [7, 11) is 0. The second kappa shape index (κ2) is 6.28. The lowest BCUT2D eigenvalue weighted by atomic mass is 10.2. The fourth-order valence-electron chi connectivity index (χ4n) is 2.14. The fraction of sp³-hybridized carbons (Fsp3) is 0.500. The first-order valence-corrected chi connectivity index (χ1v) is 6.69. The predicted octanol–water partition coefficient (Wildman–Crippen LogP) is 2.82. The third-order valence-electron chi connectivity index (χ3n) is 3.13. The molecule has 4 heteroatoms. The van der Waals surface area contributed by atoms with E-state index < -0.39 is 0 Å². The quantitative estimate of drug-likeness (QED) is 0.859. The first-order valence-electron chi connectivity index (χ1n) is 6.69. The minimum Gasteiger partial charge on any atom is -0.372 e. The minimum atomic E-state index is -0.134. The van der Waals surface area contributed by atoms with Crippen molar-refractivity contribution < 1.29 is 4.79 Å². The van der Waals surface area contributed by atoms with Gasteiger partial charge in [0.1, 0.15) is 0 Å². The Morgan fingerprint density at radius 3 is 2.50 bits per heavy atom. The van der Waals surface area contributed by atoms with Crippen molar-refractivity contribution in [2.24, 2.45) is 0 Å². The van der Waals surface area contributed by atoms with Crippen molar-refractivity contribution in [1.29, 1.82) is 0 Å². The van der Waals surface area contributed by atoms with Crippen LogP contribution < -0.4 is 15.5 Å². The molecule has 0 radical (unpaired) electrons. The van der Waals surface area contributed by atoms with E-state index in [0.717, 1.165) is 25.2 Å². The number of carbonyl (C=O) groups excluding carboxylic acids is 1. The highest BCUT2D eigenvalue weighted by Gasteiger charge is 2.11. The maximum atomic E-state index is 11.5. The Balaban J connectivity index is 1.88. The van der Waals surface area contributed by atoms with E-state index in [1.807, 2.05) is 19.1 Å². The Labute approximate surface area is 108 Å². The SMILES string of the molecule is CCCNC(=O)Nc1ccc(N2CCCC2)cc1. The van der Waals surface area contributed by atoms with Crippen LogP contribution in [0, 0.1) is 0 Å². The van der Waals surface area contributed by atoms with Gasteiger partial charge in [-0.3, -0.25) is 0 Å². The molecule has 98 valence electrons. The molecular formula is C14H21N3O. The van der Waals surface area contributed by atoms with Crippen LogP contribution in [0.1, 0.15) is 26.2 Å². The highest BCUT2D eigenvalue weighted by molar-refractivity contribution is 5.89. The summed E-state index contributed by atoms with van der Waals surface area (Å²) in [4.78, 5) is 13.9. The summed E-state index contributed by atoms with van der Waals surface area (Å²) >= 11 is 0. The van der Waals surface area contributed by atoms with Crippen LogP contribution in [0.25, 0.3) is 0 Å². The van der Waals surface area contributed by atoms with Crippen molar-refractivity contribution in [2.45, 2.75) is 26.2 Å². The van der Waals surface area contributed by atoms with Crippen LogP contribution in [0.4, 0.5) is 16.2 Å². The Kier molecular flexibility index (Phi) is 4.45. The van der Waals surface area contributed by atoms with Gasteiger partial charge in [0.15, 0.2) is 0 Å². The highest BCUT2D eigenvalue weighted by Crippen LogP contribution is 2.21. The van der Waals surface area contributed by atoms with Crippen LogP contribution in [0.15, 0.2) is 24.3 Å². The van der Waals surface area contributed by atoms with Gasteiger partial charge in [-0.25, -0.2) is 4.79 Å². The summed E-state index contributed by atoms with van der Waals surface area (Å²) in [5.41, 5.74) is 2.08. The van der Waals surface area contributed by atoms with Gasteiger partial charge in [-0.2, -0.15) is 0 Å². The van der Waals surface area contributed by atoms with Gasteiger partial charge in [0.2, 0.25) is 0 Å². The predicted molar refractivity (Wildman–Crippen MR) is 75.2 cm³/mol. The van der Waals surface area contributed by atoms with E-state index in [1.54, 1.807) is 0 Å². The fourth-order valence-corrected chi connectivity index (χ4v) is 2.14. The molecule has 1 saturated heterocycles. The Morgan fingerprint density at radius 1 is 1.22 bits per heavy atom. The smallest absolute Gasteiger partial charge is 0.319 e. The number of urea groups is 1. The lowest BCUT2D eigenvalue weighted by Gasteiger charge is -2.17. The normalized spacial score (nSPS) is 14.6. The summed E-state index contributed by atoms with van der Waals surface area (Å²) in [6.07, 6.45) is 3.50. The molecule has 2 amide bonds. The molecule has 1 aromatic carbocycles. The van der Waals surface area contributed by atoms with Crippen molar-refractivity contribution in [3.05, 3.63) is 24.3 Å². The lowest BCUT2D eigenvalue weighted by molar-refractivity contribution is 0.252. The number of rotatable bonds is 4. The van der Waals surface area contributed by atoms with Crippen molar-refractivity contribution in [2.75, 3.05) is 29.9 Å². The molecule has 2 N–H and O–H groups in total. The van der Waals surface area contributed by atoms with Gasteiger partial charge in [-0.1, -0.05) is 6.92 Å². The summed E-state index contributed by atoms with van der Waals surface area (Å²) in [6, 6.07) is 7.92. The van der Waals surface area contributed by atoms with Gasteiger partial charge in [-0.15, -0.1) is 0 Å². The molecular weight excluding hydrogens is 226 g/mol. The first kappa shape index (κ1) is 12.7. The second-order valence-electron chi connectivity index (χ2n) is 4.62. The van der Waals surface area contributed by atoms with E-state index in [4.69, 9.17) is 0 Å². The van der Waals surface area contributed by atoms with Gasteiger partial charge in [0.05, 0.1) is 0 Å². The summed E-state index contributed by atoms with van der Waals surface area (Å²) in [5.74, 6) is 0. The van der Waals surface area contributed by atoms with E-state index in [-0.39, 0.29) is 6.03 Å². The zero-order chi connectivity index (χ0) is 12.8. The van der Waals surface area contributed by atoms with E-state index >= 15 is 0 Å². The molecule has 2 rings (SSSR count). The Hall–Kier alpha value is -1.71. The summed E-state index contributed by atoms with van der Waals surface area (Å²) in [5, 5.41) is 5.62. The van der Waals surface area contributed by atoms with E-state index in [9.17, 15) is 4.79 Å². The van der Waals surface area contributed by atoms with Crippen LogP contribution in [0.5, 0.6) is 0 Å². The lowest BCUT2D eigenvalue weighted by Crippen LogP contribution is -2.29. The van der Waals surface area contributed by atoms with E-state index in [2.05, 4.69) is 27.7 Å². The molecule has 18 heavy (non-hydrogen) atoms. The van der Waals surface area contributed by atoms with Gasteiger partial charge < -0.3 is 15.5 Å². The largest absolute Gasteiger partial charge is 0.372 e. The molecule has 0 aliphatic carbocycles. The summed E-state index contributed by atoms with van der Waals surface area (Å²) < 4.78 is 0. The van der Waals surface area contributed by atoms with E-state index in [1.165, 1.54) is 18.5 Å². The van der Waals surface area contributed by atoms with Crippen LogP contribution in [-0.4, -0.2) is 25.7 Å². The van der Waals surface area contributed by atoms with Crippen LogP contribution in [-0.2, 0) is 0 Å². The number of nitrogens with zero attached hydrogens (tertiary/aromatic N) is 1. The average Bonchev–Trinajstić information content (AvgIpc) is 2.91. The second-order valence-corrected chi connectivity index (χ2v) is 4.62. The molecule has 0 bridgehead atoms. The first-order chi connectivity index (χ1) is 8.79. The highest BCUT2D eigenvalue weighted by atomic mass is 16.2. The zero-order valence-electron chi connectivity index (χ0n) is 10.9. The third kappa shape index (κ3) is 3.39. The maximum Gasteiger partial charge on any atom is 0.319 e. The minimum absolute atomic E-state index is 0.134. The molecule has 1 heterocycles. The van der Waals surface area contributed by atoms with Crippen molar-refractivity contribution in [1.82, 2.24) is 5.32 Å². The van der Waals surface area contributed by atoms with Gasteiger partial charge >= 0.3 is 6.03 Å². The van der Waals surface area contributed by atoms with Crippen LogP contribution >= 0.6 is 0 Å². The van der Waals surface area contributed by atoms with Crippen LogP contribution in [0.3, 0.4) is 0 Å². The molecule has 1 fully saturated rings. The molecule has 0 atom stereocenters. The Bertz CT molecular complexity index is 383. The molecule has 4 nitrogen and oxygen atoms in total. The molecule has 1 aliphatic heterocycles. The molecule has 1 aliphatic rings. The van der Waals surface area contributed by atoms with Crippen molar-refractivity contribution in [3.63, 3.8) is 0 Å². The maximum absolute atomic E-state index is 11.5. The van der Waals surface area contributed by atoms with Crippen molar-refractivity contribution >= 4 is 17.4 Å². The van der Waals surface area contributed by atoms with Crippen LogP contribution in [0.2, 0.25) is 0 Å². The molecule has 0 spiro atoms. The van der Waals surface area contributed by atoms with Gasteiger partial charge in [-0.05, 0) is 43.5 Å². The van der Waals surface area contributed by atoms with Crippen molar-refractivity contribution in [3.8, 4) is 0 Å². The third-order valence-corrected chi connectivity index (χ3v) is 3.13. The van der Waals surface area contributed by atoms with E-state index in [0.29, 0.717) is 6.54 Å². The number of anilines is 2. The number of hydrogen-bond donors (Lipinski definition) is 2. The van der Waals surface area contributed by atoms with Gasteiger partial charge in [0.25, 0.3) is 0 Å². The average molecular weight is 247 g/mol. The molecule has 0 aromatic heterocycles.